The molecule has 0 aliphatic carbocycles. The number of nitrogens with zero attached hydrogens (tertiary/aromatic N) is 2. The van der Waals surface area contributed by atoms with Gasteiger partial charge < -0.3 is 20.3 Å². The van der Waals surface area contributed by atoms with Gasteiger partial charge in [-0.3, -0.25) is 24.1 Å². The van der Waals surface area contributed by atoms with E-state index in [9.17, 15) is 24.0 Å². The molecule has 1 aliphatic heterocycles. The van der Waals surface area contributed by atoms with Gasteiger partial charge in [0.1, 0.15) is 13.1 Å². The van der Waals surface area contributed by atoms with Crippen LogP contribution in [0.3, 0.4) is 0 Å². The minimum absolute atomic E-state index is 0.0962. The fraction of sp³-hybridized carbons (Fsp3) is 0.312. The molecule has 2 rings (SSSR count). The summed E-state index contributed by atoms with van der Waals surface area (Å²) in [5.74, 6) is -2.16. The molecule has 0 spiro atoms. The minimum Gasteiger partial charge on any atom is -0.454 e. The van der Waals surface area contributed by atoms with E-state index in [1.807, 2.05) is 0 Å². The van der Waals surface area contributed by atoms with E-state index in [1.54, 1.807) is 24.3 Å². The van der Waals surface area contributed by atoms with Crippen LogP contribution < -0.4 is 10.6 Å². The van der Waals surface area contributed by atoms with Crippen molar-refractivity contribution in [3.63, 3.8) is 0 Å². The van der Waals surface area contributed by atoms with Gasteiger partial charge in [-0.05, 0) is 24.3 Å². The summed E-state index contributed by atoms with van der Waals surface area (Å²) < 4.78 is 4.77. The zero-order chi connectivity index (χ0) is 19.3. The van der Waals surface area contributed by atoms with Gasteiger partial charge in [-0.25, -0.2) is 4.79 Å². The van der Waals surface area contributed by atoms with Crippen molar-refractivity contribution >= 4 is 41.1 Å². The molecule has 138 valence electrons. The average Bonchev–Trinajstić information content (AvgIpc) is 2.80. The summed E-state index contributed by atoms with van der Waals surface area (Å²) in [6.07, 6.45) is 0. The highest BCUT2D eigenvalue weighted by atomic mass is 16.5. The Morgan fingerprint density at radius 3 is 2.15 bits per heavy atom. The van der Waals surface area contributed by atoms with Crippen LogP contribution in [0.4, 0.5) is 16.2 Å². The van der Waals surface area contributed by atoms with Gasteiger partial charge in [-0.2, -0.15) is 0 Å². The molecule has 2 N–H and O–H groups in total. The Labute approximate surface area is 149 Å². The van der Waals surface area contributed by atoms with Gasteiger partial charge in [0.05, 0.1) is 0 Å². The molecule has 26 heavy (non-hydrogen) atoms. The van der Waals surface area contributed by atoms with Crippen LogP contribution in [0.1, 0.15) is 6.92 Å². The van der Waals surface area contributed by atoms with E-state index in [-0.39, 0.29) is 12.5 Å². The number of benzene rings is 1. The van der Waals surface area contributed by atoms with E-state index >= 15 is 0 Å². The Bertz CT molecular complexity index is 746. The first kappa shape index (κ1) is 18.9. The number of nitrogens with one attached hydrogen (secondary N) is 2. The second-order valence-corrected chi connectivity index (χ2v) is 5.59. The van der Waals surface area contributed by atoms with E-state index in [2.05, 4.69) is 10.6 Å². The third kappa shape index (κ3) is 5.03. The molecule has 1 fully saturated rings. The second kappa shape index (κ2) is 8.10. The number of anilines is 2. The lowest BCUT2D eigenvalue weighted by molar-refractivity contribution is -0.149. The number of carbonyl (C=O) groups excluding carboxylic acids is 5. The zero-order valence-electron chi connectivity index (χ0n) is 14.3. The highest BCUT2D eigenvalue weighted by Crippen LogP contribution is 2.13. The molecule has 0 bridgehead atoms. The van der Waals surface area contributed by atoms with Crippen molar-refractivity contribution in [1.82, 2.24) is 9.80 Å². The van der Waals surface area contributed by atoms with E-state index in [0.29, 0.717) is 11.4 Å². The Balaban J connectivity index is 1.77. The van der Waals surface area contributed by atoms with Gasteiger partial charge in [0.25, 0.3) is 11.8 Å². The van der Waals surface area contributed by atoms with Crippen molar-refractivity contribution < 1.29 is 28.7 Å². The van der Waals surface area contributed by atoms with Gasteiger partial charge in [-0.15, -0.1) is 0 Å². The van der Waals surface area contributed by atoms with Crippen LogP contribution in [-0.4, -0.2) is 66.3 Å². The molecule has 10 heteroatoms. The highest BCUT2D eigenvalue weighted by molar-refractivity contribution is 6.04. The lowest BCUT2D eigenvalue weighted by Gasteiger charge is -2.13. The van der Waals surface area contributed by atoms with Crippen LogP contribution in [0.5, 0.6) is 0 Å². The number of likely N-dealkylation sites (N-methyl/N-ethyl adjacent to an activating group) is 1. The summed E-state index contributed by atoms with van der Waals surface area (Å²) in [5.41, 5.74) is 1.03. The number of hydrogen-bond acceptors (Lipinski definition) is 6. The molecule has 1 aromatic carbocycles. The van der Waals surface area contributed by atoms with Crippen molar-refractivity contribution in [1.29, 1.82) is 0 Å². The normalized spacial score (nSPS) is 13.6. The molecule has 0 saturated carbocycles. The van der Waals surface area contributed by atoms with Crippen molar-refractivity contribution in [2.24, 2.45) is 0 Å². The molecule has 0 unspecified atom stereocenters. The topological polar surface area (TPSA) is 125 Å². The summed E-state index contributed by atoms with van der Waals surface area (Å²) in [7, 11) is 1.44. The predicted molar refractivity (Wildman–Crippen MR) is 90.1 cm³/mol. The Morgan fingerprint density at radius 2 is 1.65 bits per heavy atom. The smallest absolute Gasteiger partial charge is 0.327 e. The molecule has 0 radical (unpaired) electrons. The van der Waals surface area contributed by atoms with Gasteiger partial charge >= 0.3 is 12.0 Å². The molecule has 1 aromatic rings. The molecular weight excluding hydrogens is 344 g/mol. The second-order valence-electron chi connectivity index (χ2n) is 5.59. The van der Waals surface area contributed by atoms with E-state index in [1.165, 1.54) is 18.9 Å². The first-order chi connectivity index (χ1) is 12.3. The monoisotopic (exact) mass is 362 g/mol. The van der Waals surface area contributed by atoms with Crippen LogP contribution in [0, 0.1) is 0 Å². The van der Waals surface area contributed by atoms with E-state index < -0.39 is 37.0 Å². The minimum atomic E-state index is -0.863. The summed E-state index contributed by atoms with van der Waals surface area (Å²) in [6.45, 7) is 0.186. The van der Waals surface area contributed by atoms with Crippen molar-refractivity contribution in [2.45, 2.75) is 6.92 Å². The quantitative estimate of drug-likeness (QED) is 0.543. The Morgan fingerprint density at radius 1 is 1.08 bits per heavy atom. The molecule has 0 aromatic heterocycles. The van der Waals surface area contributed by atoms with Crippen LogP contribution in [-0.2, 0) is 23.9 Å². The maximum atomic E-state index is 11.8. The van der Waals surface area contributed by atoms with Gasteiger partial charge in [0.2, 0.25) is 5.91 Å². The number of carbonyl (C=O) groups is 5. The number of amides is 5. The highest BCUT2D eigenvalue weighted by Gasteiger charge is 2.35. The third-order valence-corrected chi connectivity index (χ3v) is 3.37. The number of imide groups is 1. The van der Waals surface area contributed by atoms with Crippen LogP contribution >= 0.6 is 0 Å². The lowest BCUT2D eigenvalue weighted by Crippen LogP contribution is -2.37. The molecule has 0 atom stereocenters. The first-order valence-electron chi connectivity index (χ1n) is 7.65. The fourth-order valence-corrected chi connectivity index (χ4v) is 2.18. The SMILES string of the molecule is CC(=O)Nc1ccc(NC(=O)COC(=O)CN2C(=O)CN(C)C2=O)cc1. The van der Waals surface area contributed by atoms with Crippen molar-refractivity contribution in [2.75, 3.05) is 37.4 Å². The first-order valence-corrected chi connectivity index (χ1v) is 7.65. The maximum absolute atomic E-state index is 11.8. The van der Waals surface area contributed by atoms with E-state index in [4.69, 9.17) is 4.74 Å². The lowest BCUT2D eigenvalue weighted by atomic mass is 10.2. The number of ether oxygens (including phenoxy) is 1. The molecule has 1 heterocycles. The van der Waals surface area contributed by atoms with Gasteiger partial charge in [-0.1, -0.05) is 0 Å². The Kier molecular flexibility index (Phi) is 5.89. The number of esters is 1. The van der Waals surface area contributed by atoms with Gasteiger partial charge in [0, 0.05) is 25.3 Å². The molecule has 10 nitrogen and oxygen atoms in total. The standard InChI is InChI=1S/C16H18N4O6/c1-10(21)17-11-3-5-12(6-4-11)18-13(22)9-26-15(24)8-20-14(23)7-19(2)16(20)25/h3-6H,7-9H2,1-2H3,(H,17,21)(H,18,22). The molecule has 1 aliphatic rings. The largest absolute Gasteiger partial charge is 0.454 e. The van der Waals surface area contributed by atoms with Crippen molar-refractivity contribution in [3.8, 4) is 0 Å². The van der Waals surface area contributed by atoms with E-state index in [0.717, 1.165) is 4.90 Å². The van der Waals surface area contributed by atoms with Gasteiger partial charge in [0.15, 0.2) is 6.61 Å². The fourth-order valence-electron chi connectivity index (χ4n) is 2.18. The molecular formula is C16H18N4O6. The zero-order valence-corrected chi connectivity index (χ0v) is 14.3. The van der Waals surface area contributed by atoms with Crippen LogP contribution in [0.2, 0.25) is 0 Å². The Hall–Kier alpha value is -3.43. The molecule has 1 saturated heterocycles. The average molecular weight is 362 g/mol. The van der Waals surface area contributed by atoms with Crippen LogP contribution in [0.25, 0.3) is 0 Å². The number of hydrogen-bond donors (Lipinski definition) is 2. The third-order valence-electron chi connectivity index (χ3n) is 3.37. The summed E-state index contributed by atoms with van der Waals surface area (Å²) in [5, 5.41) is 5.10. The molecule has 5 amide bonds. The maximum Gasteiger partial charge on any atom is 0.327 e. The summed E-state index contributed by atoms with van der Waals surface area (Å²) in [6, 6.07) is 5.76. The predicted octanol–water partition coefficient (Wildman–Crippen LogP) is 0.0207. The number of rotatable bonds is 6. The van der Waals surface area contributed by atoms with Crippen molar-refractivity contribution in [3.05, 3.63) is 24.3 Å². The van der Waals surface area contributed by atoms with Crippen LogP contribution in [0.15, 0.2) is 24.3 Å². The summed E-state index contributed by atoms with van der Waals surface area (Å²) in [4.78, 5) is 59.5. The summed E-state index contributed by atoms with van der Waals surface area (Å²) >= 11 is 0. The number of urea groups is 1.